The minimum absolute atomic E-state index is 0.0467. The second kappa shape index (κ2) is 8.56. The van der Waals surface area contributed by atoms with Crippen LogP contribution in [0, 0.1) is 5.92 Å². The van der Waals surface area contributed by atoms with E-state index in [-0.39, 0.29) is 18.9 Å². The summed E-state index contributed by atoms with van der Waals surface area (Å²) in [6, 6.07) is 0. The highest BCUT2D eigenvalue weighted by atomic mass is 19.4. The molecule has 2 saturated carbocycles. The molecule has 1 atom stereocenters. The highest BCUT2D eigenvalue weighted by Crippen LogP contribution is 2.53. The van der Waals surface area contributed by atoms with E-state index in [1.54, 1.807) is 12.4 Å². The van der Waals surface area contributed by atoms with Crippen molar-refractivity contribution in [2.24, 2.45) is 5.92 Å². The van der Waals surface area contributed by atoms with Gasteiger partial charge in [0.2, 0.25) is 5.91 Å². The molecule has 1 aromatic rings. The molecule has 1 spiro atoms. The first-order valence-corrected chi connectivity index (χ1v) is 12.0. The van der Waals surface area contributed by atoms with Crippen LogP contribution < -0.4 is 5.32 Å². The third-order valence-electron chi connectivity index (χ3n) is 7.87. The molecule has 1 aromatic heterocycles. The Balaban J connectivity index is 1.38. The third-order valence-corrected chi connectivity index (χ3v) is 7.87. The minimum Gasteiger partial charge on any atom is -0.442 e. The lowest BCUT2D eigenvalue weighted by Crippen LogP contribution is -2.55. The number of amides is 1. The molecule has 0 bridgehead atoms. The number of aromatic nitrogens is 2. The number of alkyl halides is 6. The van der Waals surface area contributed by atoms with Crippen molar-refractivity contribution in [2.45, 2.75) is 80.3 Å². The number of nitrogens with one attached hydrogen (secondary N) is 1. The smallest absolute Gasteiger partial charge is 0.434 e. The van der Waals surface area contributed by atoms with Crippen molar-refractivity contribution in [3.63, 3.8) is 0 Å². The molecular weight excluding hydrogens is 494 g/mol. The number of ether oxygens (including phenoxy) is 1. The van der Waals surface area contributed by atoms with Crippen LogP contribution in [0.4, 0.5) is 26.3 Å². The fourth-order valence-electron chi connectivity index (χ4n) is 5.55. The van der Waals surface area contributed by atoms with Crippen molar-refractivity contribution >= 4 is 11.9 Å². The first kappa shape index (κ1) is 25.2. The van der Waals surface area contributed by atoms with Crippen molar-refractivity contribution in [1.29, 1.82) is 0 Å². The van der Waals surface area contributed by atoms with Crippen molar-refractivity contribution in [3.8, 4) is 0 Å². The molecule has 0 radical (unpaired) electrons. The van der Waals surface area contributed by atoms with Crippen LogP contribution in [0.1, 0.15) is 62.3 Å². The largest absolute Gasteiger partial charge is 0.442 e. The van der Waals surface area contributed by atoms with Gasteiger partial charge in [0.1, 0.15) is 5.82 Å². The van der Waals surface area contributed by atoms with Crippen LogP contribution in [-0.4, -0.2) is 70.4 Å². The highest BCUT2D eigenvalue weighted by Gasteiger charge is 2.63. The number of nitrogens with zero attached hydrogens (tertiary/aromatic N) is 3. The molecule has 3 heterocycles. The molecule has 1 unspecified atom stereocenters. The predicted molar refractivity (Wildman–Crippen MR) is 112 cm³/mol. The van der Waals surface area contributed by atoms with Crippen LogP contribution in [0.2, 0.25) is 0 Å². The number of piperidine rings is 1. The Bertz CT molecular complexity index is 1000. The van der Waals surface area contributed by atoms with Gasteiger partial charge in [-0.15, -0.1) is 0 Å². The molecule has 1 amide bonds. The van der Waals surface area contributed by atoms with Crippen LogP contribution in [0.25, 0.3) is 0 Å². The first-order chi connectivity index (χ1) is 16.9. The molecule has 2 saturated heterocycles. The lowest BCUT2D eigenvalue weighted by Gasteiger charge is -2.43. The zero-order valence-corrected chi connectivity index (χ0v) is 19.3. The average Bonchev–Trinajstić information content (AvgIpc) is 3.73. The van der Waals surface area contributed by atoms with Gasteiger partial charge in [0.25, 0.3) is 6.10 Å². The Morgan fingerprint density at radius 1 is 1.00 bits per heavy atom. The van der Waals surface area contributed by atoms with E-state index < -0.39 is 41.3 Å². The molecule has 0 aromatic carbocycles. The molecule has 4 fully saturated rings. The summed E-state index contributed by atoms with van der Waals surface area (Å²) in [6.45, 7) is 0.722. The molecule has 13 heteroatoms. The number of hydrogen-bond donors (Lipinski definition) is 1. The summed E-state index contributed by atoms with van der Waals surface area (Å²) >= 11 is 0. The van der Waals surface area contributed by atoms with E-state index in [0.29, 0.717) is 50.3 Å². The number of carbonyl (C=O) groups is 2. The van der Waals surface area contributed by atoms with Crippen LogP contribution in [0.3, 0.4) is 0 Å². The van der Waals surface area contributed by atoms with Crippen molar-refractivity contribution < 1.29 is 40.7 Å². The molecule has 2 aliphatic carbocycles. The summed E-state index contributed by atoms with van der Waals surface area (Å²) < 4.78 is 81.8. The van der Waals surface area contributed by atoms with Gasteiger partial charge in [-0.2, -0.15) is 26.3 Å². The summed E-state index contributed by atoms with van der Waals surface area (Å²) in [5.41, 5.74) is -1.09. The average molecular weight is 520 g/mol. The van der Waals surface area contributed by atoms with E-state index in [1.807, 2.05) is 0 Å². The van der Waals surface area contributed by atoms with Gasteiger partial charge < -0.3 is 15.0 Å². The van der Waals surface area contributed by atoms with Gasteiger partial charge in [-0.1, -0.05) is 0 Å². The van der Waals surface area contributed by atoms with Gasteiger partial charge in [0, 0.05) is 36.0 Å². The van der Waals surface area contributed by atoms with Crippen LogP contribution in [0.5, 0.6) is 0 Å². The molecule has 1 N–H and O–H groups in total. The maximum absolute atomic E-state index is 13.9. The molecule has 198 valence electrons. The maximum atomic E-state index is 13.9. The Morgan fingerprint density at radius 2 is 1.58 bits per heavy atom. The first-order valence-electron chi connectivity index (χ1n) is 12.0. The lowest BCUT2D eigenvalue weighted by atomic mass is 9.82. The van der Waals surface area contributed by atoms with E-state index in [2.05, 4.69) is 20.0 Å². The third kappa shape index (κ3) is 4.54. The van der Waals surface area contributed by atoms with Crippen LogP contribution in [0.15, 0.2) is 12.4 Å². The van der Waals surface area contributed by atoms with Crippen LogP contribution in [-0.2, 0) is 19.7 Å². The summed E-state index contributed by atoms with van der Waals surface area (Å²) in [6.07, 6.45) is -8.60. The summed E-state index contributed by atoms with van der Waals surface area (Å²) in [5, 5.41) is 3.15. The molecular formula is C23H26F6N4O3. The van der Waals surface area contributed by atoms with E-state index in [4.69, 9.17) is 0 Å². The van der Waals surface area contributed by atoms with Crippen molar-refractivity contribution in [2.75, 3.05) is 19.6 Å². The van der Waals surface area contributed by atoms with Gasteiger partial charge in [0.15, 0.2) is 0 Å². The lowest BCUT2D eigenvalue weighted by molar-refractivity contribution is -0.314. The monoisotopic (exact) mass is 520 g/mol. The minimum atomic E-state index is -5.79. The van der Waals surface area contributed by atoms with Gasteiger partial charge in [-0.25, -0.2) is 9.97 Å². The van der Waals surface area contributed by atoms with Crippen molar-refractivity contribution in [3.05, 3.63) is 23.8 Å². The Hall–Kier alpha value is -2.44. The van der Waals surface area contributed by atoms with E-state index in [9.17, 15) is 35.9 Å². The second-order valence-electron chi connectivity index (χ2n) is 10.4. The maximum Gasteiger partial charge on any atom is 0.434 e. The number of rotatable bonds is 5. The molecule has 5 rings (SSSR count). The van der Waals surface area contributed by atoms with Gasteiger partial charge >= 0.3 is 18.3 Å². The van der Waals surface area contributed by atoms with Gasteiger partial charge in [-0.3, -0.25) is 9.59 Å². The molecule has 4 aliphatic rings. The number of halogens is 6. The second-order valence-corrected chi connectivity index (χ2v) is 10.4. The fraction of sp³-hybridized carbons (Fsp3) is 0.739. The predicted octanol–water partition coefficient (Wildman–Crippen LogP) is 3.39. The Morgan fingerprint density at radius 3 is 2.08 bits per heavy atom. The summed E-state index contributed by atoms with van der Waals surface area (Å²) in [4.78, 5) is 36.8. The SMILES string of the molecule is O=C(OC(C(F)(F)F)C(F)(F)F)C1CN(C(=O)C2(c3cnc(C4CC4)nc3)CC2)C2(CCNCC2)C1. The normalized spacial score (nSPS) is 25.3. The van der Waals surface area contributed by atoms with Gasteiger partial charge in [0.05, 0.1) is 11.3 Å². The topological polar surface area (TPSA) is 84.4 Å². The number of hydrogen-bond acceptors (Lipinski definition) is 6. The number of likely N-dealkylation sites (tertiary alicyclic amines) is 1. The molecule has 7 nitrogen and oxygen atoms in total. The zero-order valence-electron chi connectivity index (χ0n) is 19.3. The fourth-order valence-corrected chi connectivity index (χ4v) is 5.55. The number of esters is 1. The Kier molecular flexibility index (Phi) is 6.00. The van der Waals surface area contributed by atoms with Crippen molar-refractivity contribution in [1.82, 2.24) is 20.2 Å². The zero-order chi connectivity index (χ0) is 25.9. The standard InChI is InChI=1S/C23H26F6N4O3/c24-22(25,26)18(23(27,28)29)36-17(34)14-9-20(5-7-30-8-6-20)33(12-14)19(35)21(3-4-21)15-10-31-16(32-11-15)13-1-2-13/h10-11,13-14,18,30H,1-9,12H2. The van der Waals surface area contributed by atoms with Gasteiger partial charge in [-0.05, 0) is 58.0 Å². The van der Waals surface area contributed by atoms with Crippen LogP contribution >= 0.6 is 0 Å². The van der Waals surface area contributed by atoms with E-state index in [0.717, 1.165) is 18.7 Å². The molecule has 2 aliphatic heterocycles. The number of carbonyl (C=O) groups excluding carboxylic acids is 2. The summed E-state index contributed by atoms with van der Waals surface area (Å²) in [7, 11) is 0. The highest BCUT2D eigenvalue weighted by molar-refractivity contribution is 5.92. The Labute approximate surface area is 203 Å². The van der Waals surface area contributed by atoms with E-state index >= 15 is 0 Å². The quantitative estimate of drug-likeness (QED) is 0.474. The van der Waals surface area contributed by atoms with E-state index in [1.165, 1.54) is 4.90 Å². The molecule has 36 heavy (non-hydrogen) atoms. The summed E-state index contributed by atoms with van der Waals surface area (Å²) in [5.74, 6) is -2.10.